The Bertz CT molecular complexity index is 1330. The van der Waals surface area contributed by atoms with Crippen molar-refractivity contribution in [2.24, 2.45) is 0 Å². The van der Waals surface area contributed by atoms with E-state index in [2.05, 4.69) is 31.9 Å². The maximum Gasteiger partial charge on any atom is 0.287 e. The number of hydrogen-bond acceptors (Lipinski definition) is 7. The molecule has 0 atom stereocenters. The zero-order valence-corrected chi connectivity index (χ0v) is 20.3. The number of ketones is 2. The molecule has 2 aromatic heterocycles. The largest absolute Gasteiger partial charge is 0.463 e. The van der Waals surface area contributed by atoms with Gasteiger partial charge in [-0.1, -0.05) is 0 Å². The summed E-state index contributed by atoms with van der Waals surface area (Å²) in [6, 6.07) is 6.32. The monoisotopic (exact) mass is 592 g/mol. The third kappa shape index (κ3) is 5.07. The molecule has 0 fully saturated rings. The van der Waals surface area contributed by atoms with Crippen LogP contribution >= 0.6 is 31.9 Å². The third-order valence-corrected chi connectivity index (χ3v) is 5.61. The van der Waals surface area contributed by atoms with E-state index in [1.54, 1.807) is 12.1 Å². The number of halogens is 2. The molecule has 2 heterocycles. The van der Waals surface area contributed by atoms with Crippen LogP contribution in [-0.2, 0) is 17.1 Å². The van der Waals surface area contributed by atoms with Gasteiger partial charge in [-0.15, -0.1) is 0 Å². The summed E-state index contributed by atoms with van der Waals surface area (Å²) in [5.74, 6) is -0.153. The van der Waals surface area contributed by atoms with Gasteiger partial charge in [-0.05, 0) is 57.8 Å². The number of nitrogen functional groups attached to an aromatic ring is 1. The first-order chi connectivity index (χ1) is 14.1. The minimum Gasteiger partial charge on any atom is -0.463 e. The SMILES string of the molecule is CC(=O)c1coc2cc(N)c(Br)cc12.CC(=O)c1coc2cc([N+](=O)[O-])c(Br)cc12.[Fe]. The van der Waals surface area contributed by atoms with Crippen LogP contribution in [0.2, 0.25) is 0 Å². The van der Waals surface area contributed by atoms with Gasteiger partial charge in [-0.25, -0.2) is 0 Å². The van der Waals surface area contributed by atoms with E-state index in [0.29, 0.717) is 37.8 Å². The maximum absolute atomic E-state index is 11.2. The van der Waals surface area contributed by atoms with Crippen LogP contribution in [0.5, 0.6) is 0 Å². The number of hydrogen-bond donors (Lipinski definition) is 1. The van der Waals surface area contributed by atoms with E-state index in [4.69, 9.17) is 14.6 Å². The van der Waals surface area contributed by atoms with Crippen molar-refractivity contribution in [3.05, 3.63) is 67.0 Å². The van der Waals surface area contributed by atoms with Gasteiger partial charge < -0.3 is 14.6 Å². The molecular weight excluding hydrogens is 580 g/mol. The number of fused-ring (bicyclic) bond motifs is 2. The first kappa shape index (κ1) is 24.8. The van der Waals surface area contributed by atoms with Crippen molar-refractivity contribution in [1.82, 2.24) is 0 Å². The molecule has 0 saturated heterocycles. The summed E-state index contributed by atoms with van der Waals surface area (Å²) in [5, 5.41) is 12.0. The van der Waals surface area contributed by atoms with Crippen LogP contribution in [0.25, 0.3) is 21.9 Å². The van der Waals surface area contributed by atoms with Gasteiger partial charge in [0, 0.05) is 44.1 Å². The number of rotatable bonds is 3. The van der Waals surface area contributed by atoms with Gasteiger partial charge in [0.2, 0.25) is 0 Å². The molecule has 4 rings (SSSR count). The molecule has 0 unspecified atom stereocenters. The Morgan fingerprint density at radius 2 is 1.35 bits per heavy atom. The van der Waals surface area contributed by atoms with Crippen molar-refractivity contribution in [2.75, 3.05) is 5.73 Å². The van der Waals surface area contributed by atoms with Crippen LogP contribution < -0.4 is 5.73 Å². The van der Waals surface area contributed by atoms with Crippen molar-refractivity contribution in [2.45, 2.75) is 13.8 Å². The van der Waals surface area contributed by atoms with Crippen molar-refractivity contribution in [3.8, 4) is 0 Å². The Hall–Kier alpha value is -2.46. The van der Waals surface area contributed by atoms with Crippen LogP contribution in [0, 0.1) is 10.1 Å². The summed E-state index contributed by atoms with van der Waals surface area (Å²) < 4.78 is 11.4. The molecule has 0 aliphatic rings. The summed E-state index contributed by atoms with van der Waals surface area (Å²) in [4.78, 5) is 32.6. The molecule has 0 aliphatic heterocycles. The number of nitrogens with zero attached hydrogens (tertiary/aromatic N) is 1. The Morgan fingerprint density at radius 1 is 0.903 bits per heavy atom. The van der Waals surface area contributed by atoms with Gasteiger partial charge in [0.25, 0.3) is 5.69 Å². The van der Waals surface area contributed by atoms with Crippen molar-refractivity contribution >= 4 is 76.7 Å². The Kier molecular flexibility index (Phi) is 7.82. The molecule has 4 aromatic rings. The Balaban J connectivity index is 0.000000215. The van der Waals surface area contributed by atoms with Crippen molar-refractivity contribution in [3.63, 3.8) is 0 Å². The molecule has 2 N–H and O–H groups in total. The van der Waals surface area contributed by atoms with E-state index < -0.39 is 4.92 Å². The zero-order valence-electron chi connectivity index (χ0n) is 16.0. The van der Waals surface area contributed by atoms with Gasteiger partial charge in [0.05, 0.1) is 26.6 Å². The number of nitro groups is 1. The smallest absolute Gasteiger partial charge is 0.287 e. The number of Topliss-reactive ketones (excluding diaryl/α,β-unsaturated/α-hetero) is 2. The number of nitro benzene ring substituents is 1. The minimum atomic E-state index is -0.514. The molecule has 11 heteroatoms. The number of carbonyl (C=O) groups excluding carboxylic acids is 2. The summed E-state index contributed by atoms with van der Waals surface area (Å²) in [6.45, 7) is 2.92. The molecule has 0 amide bonds. The minimum absolute atomic E-state index is 0. The Morgan fingerprint density at radius 3 is 1.81 bits per heavy atom. The quantitative estimate of drug-likeness (QED) is 0.0972. The molecule has 0 aliphatic carbocycles. The van der Waals surface area contributed by atoms with Crippen LogP contribution in [0.1, 0.15) is 34.6 Å². The number of benzene rings is 2. The summed E-state index contributed by atoms with van der Waals surface area (Å²) >= 11 is 6.40. The van der Waals surface area contributed by atoms with Gasteiger partial charge in [0.1, 0.15) is 23.7 Å². The topological polar surface area (TPSA) is 130 Å². The maximum atomic E-state index is 11.2. The average molecular weight is 594 g/mol. The van der Waals surface area contributed by atoms with Gasteiger partial charge in [-0.2, -0.15) is 0 Å². The predicted molar refractivity (Wildman–Crippen MR) is 119 cm³/mol. The fraction of sp³-hybridized carbons (Fsp3) is 0.100. The van der Waals surface area contributed by atoms with Crippen LogP contribution in [0.4, 0.5) is 11.4 Å². The van der Waals surface area contributed by atoms with Crippen molar-refractivity contribution < 1.29 is 40.4 Å². The van der Waals surface area contributed by atoms with Crippen molar-refractivity contribution in [1.29, 1.82) is 0 Å². The van der Waals surface area contributed by atoms with Crippen LogP contribution in [-0.4, -0.2) is 16.5 Å². The number of nitrogens with two attached hydrogens (primary N) is 1. The number of furan rings is 2. The fourth-order valence-corrected chi connectivity index (χ4v) is 3.62. The van der Waals surface area contributed by atoms with Gasteiger partial charge >= 0.3 is 0 Å². The third-order valence-electron chi connectivity index (χ3n) is 4.29. The van der Waals surface area contributed by atoms with E-state index >= 15 is 0 Å². The molecule has 0 bridgehead atoms. The van der Waals surface area contributed by atoms with Crippen LogP contribution in [0.3, 0.4) is 0 Å². The summed E-state index contributed by atoms with van der Waals surface area (Å²) in [7, 11) is 0. The summed E-state index contributed by atoms with van der Waals surface area (Å²) in [6.07, 6.45) is 2.77. The standard InChI is InChI=1S/C10H6BrNO4.C10H8BrNO2.Fe/c1-5(13)7-4-16-10-3-9(12(14)15)8(11)2-6(7)10;1-5(13)7-4-14-10-3-9(12)8(11)2-6(7)10;/h2-4H,1H3;2-4H,12H2,1H3;. The Labute approximate surface area is 203 Å². The van der Waals surface area contributed by atoms with Gasteiger partial charge in [0.15, 0.2) is 11.6 Å². The molecule has 31 heavy (non-hydrogen) atoms. The molecular formula is C20H14Br2FeN2O6. The first-order valence-corrected chi connectivity index (χ1v) is 10.0. The van der Waals surface area contributed by atoms with E-state index in [1.165, 1.54) is 38.5 Å². The number of carbonyl (C=O) groups is 2. The molecule has 0 saturated carbocycles. The fourth-order valence-electron chi connectivity index (χ4n) is 2.78. The second kappa shape index (κ2) is 9.78. The van der Waals surface area contributed by atoms with E-state index in [0.717, 1.165) is 9.86 Å². The molecule has 2 aromatic carbocycles. The second-order valence-corrected chi connectivity index (χ2v) is 8.05. The second-order valence-electron chi connectivity index (χ2n) is 6.34. The van der Waals surface area contributed by atoms with Gasteiger partial charge in [-0.3, -0.25) is 19.7 Å². The molecule has 8 nitrogen and oxygen atoms in total. The van der Waals surface area contributed by atoms with E-state index in [-0.39, 0.29) is 34.3 Å². The molecule has 0 spiro atoms. The normalized spacial score (nSPS) is 10.3. The summed E-state index contributed by atoms with van der Waals surface area (Å²) in [5.41, 5.74) is 8.17. The molecule has 162 valence electrons. The predicted octanol–water partition coefficient (Wildman–Crippen LogP) is 6.28. The zero-order chi connectivity index (χ0) is 22.2. The average Bonchev–Trinajstić information content (AvgIpc) is 3.25. The van der Waals surface area contributed by atoms with E-state index in [1.807, 2.05) is 0 Å². The van der Waals surface area contributed by atoms with Crippen LogP contribution in [0.15, 0.2) is 54.6 Å². The number of anilines is 1. The molecule has 0 radical (unpaired) electrons. The first-order valence-electron chi connectivity index (χ1n) is 8.43. The van der Waals surface area contributed by atoms with E-state index in [9.17, 15) is 19.7 Å².